The van der Waals surface area contributed by atoms with Gasteiger partial charge in [0.2, 0.25) is 5.91 Å². The molecular formula is C23H29N3O2. The Bertz CT molecular complexity index is 853. The number of piperidine rings is 1. The van der Waals surface area contributed by atoms with Crippen LogP contribution in [0.5, 0.6) is 0 Å². The molecule has 28 heavy (non-hydrogen) atoms. The summed E-state index contributed by atoms with van der Waals surface area (Å²) in [6, 6.07) is 14.3. The molecule has 2 saturated heterocycles. The predicted molar refractivity (Wildman–Crippen MR) is 111 cm³/mol. The number of rotatable bonds is 3. The highest BCUT2D eigenvalue weighted by atomic mass is 16.2. The number of nitrogens with zero attached hydrogens (tertiary/aromatic N) is 3. The summed E-state index contributed by atoms with van der Waals surface area (Å²) in [6.07, 6.45) is 3.45. The summed E-state index contributed by atoms with van der Waals surface area (Å²) >= 11 is 0. The highest BCUT2D eigenvalue weighted by Gasteiger charge is 2.28. The van der Waals surface area contributed by atoms with Gasteiger partial charge in [-0.1, -0.05) is 36.4 Å². The Morgan fingerprint density at radius 3 is 2.46 bits per heavy atom. The van der Waals surface area contributed by atoms with Crippen molar-refractivity contribution in [1.82, 2.24) is 14.7 Å². The van der Waals surface area contributed by atoms with Gasteiger partial charge in [-0.05, 0) is 43.0 Å². The lowest BCUT2D eigenvalue weighted by atomic mass is 10.0. The van der Waals surface area contributed by atoms with E-state index >= 15 is 0 Å². The van der Waals surface area contributed by atoms with Crippen molar-refractivity contribution in [2.45, 2.75) is 32.2 Å². The normalized spacial score (nSPS) is 21.1. The third-order valence-corrected chi connectivity index (χ3v) is 6.16. The Kier molecular flexibility index (Phi) is 5.62. The average Bonchev–Trinajstić information content (AvgIpc) is 2.73. The zero-order valence-corrected chi connectivity index (χ0v) is 16.6. The first-order chi connectivity index (χ1) is 13.6. The zero-order valence-electron chi connectivity index (χ0n) is 16.6. The van der Waals surface area contributed by atoms with Gasteiger partial charge in [-0.3, -0.25) is 14.5 Å². The maximum Gasteiger partial charge on any atom is 0.254 e. The van der Waals surface area contributed by atoms with Crippen LogP contribution in [0.2, 0.25) is 0 Å². The Balaban J connectivity index is 1.36. The van der Waals surface area contributed by atoms with Crippen LogP contribution >= 0.6 is 0 Å². The molecule has 0 aromatic heterocycles. The smallest absolute Gasteiger partial charge is 0.254 e. The number of benzene rings is 2. The Morgan fingerprint density at radius 1 is 0.929 bits per heavy atom. The van der Waals surface area contributed by atoms with Crippen LogP contribution in [-0.4, -0.2) is 71.8 Å². The van der Waals surface area contributed by atoms with Crippen LogP contribution in [0, 0.1) is 0 Å². The van der Waals surface area contributed by atoms with Crippen LogP contribution in [0.1, 0.15) is 36.5 Å². The standard InChI is InChI=1S/C23H29N3O2/c1-18-7-4-5-12-26(18)22(27)17-24-13-15-25(16-14-24)23(28)21-11-6-9-19-8-2-3-10-20(19)21/h2-3,6,8-11,18H,4-5,7,12-17H2,1H3/t18-/m1/s1. The summed E-state index contributed by atoms with van der Waals surface area (Å²) in [6.45, 7) is 6.36. The molecule has 0 radical (unpaired) electrons. The molecule has 0 saturated carbocycles. The van der Waals surface area contributed by atoms with Crippen molar-refractivity contribution >= 4 is 22.6 Å². The molecule has 2 heterocycles. The van der Waals surface area contributed by atoms with Gasteiger partial charge >= 0.3 is 0 Å². The molecule has 1 atom stereocenters. The van der Waals surface area contributed by atoms with E-state index < -0.39 is 0 Å². The molecule has 5 nitrogen and oxygen atoms in total. The number of fused-ring (bicyclic) bond motifs is 1. The van der Waals surface area contributed by atoms with Crippen LogP contribution < -0.4 is 0 Å². The maximum atomic E-state index is 13.1. The largest absolute Gasteiger partial charge is 0.339 e. The molecule has 0 unspecified atom stereocenters. The maximum absolute atomic E-state index is 13.1. The molecular weight excluding hydrogens is 350 g/mol. The molecule has 4 rings (SSSR count). The highest BCUT2D eigenvalue weighted by Crippen LogP contribution is 2.21. The Morgan fingerprint density at radius 2 is 1.68 bits per heavy atom. The van der Waals surface area contributed by atoms with Crippen LogP contribution in [0.15, 0.2) is 42.5 Å². The zero-order chi connectivity index (χ0) is 19.5. The number of carbonyl (C=O) groups is 2. The van der Waals surface area contributed by atoms with E-state index in [1.54, 1.807) is 0 Å². The molecule has 2 aliphatic heterocycles. The third kappa shape index (κ3) is 3.90. The van der Waals surface area contributed by atoms with Gasteiger partial charge in [0, 0.05) is 44.3 Å². The molecule has 0 spiro atoms. The Labute approximate surface area is 166 Å². The van der Waals surface area contributed by atoms with E-state index in [9.17, 15) is 9.59 Å². The van der Waals surface area contributed by atoms with E-state index in [1.165, 1.54) is 6.42 Å². The topological polar surface area (TPSA) is 43.9 Å². The molecule has 2 aromatic rings. The third-order valence-electron chi connectivity index (χ3n) is 6.16. The highest BCUT2D eigenvalue weighted by molar-refractivity contribution is 6.07. The Hall–Kier alpha value is -2.40. The lowest BCUT2D eigenvalue weighted by Gasteiger charge is -2.38. The van der Waals surface area contributed by atoms with Gasteiger partial charge in [0.15, 0.2) is 0 Å². The predicted octanol–water partition coefficient (Wildman–Crippen LogP) is 3.00. The van der Waals surface area contributed by atoms with Crippen LogP contribution in [0.4, 0.5) is 0 Å². The summed E-state index contributed by atoms with van der Waals surface area (Å²) in [4.78, 5) is 31.9. The summed E-state index contributed by atoms with van der Waals surface area (Å²) in [5.41, 5.74) is 0.768. The summed E-state index contributed by atoms with van der Waals surface area (Å²) < 4.78 is 0. The van der Waals surface area contributed by atoms with E-state index in [2.05, 4.69) is 11.8 Å². The first-order valence-corrected chi connectivity index (χ1v) is 10.4. The van der Waals surface area contributed by atoms with E-state index in [0.717, 1.165) is 48.8 Å². The fourth-order valence-corrected chi connectivity index (χ4v) is 4.44. The number of hydrogen-bond donors (Lipinski definition) is 0. The number of carbonyl (C=O) groups excluding carboxylic acids is 2. The molecule has 148 valence electrons. The van der Waals surface area contributed by atoms with Crippen molar-refractivity contribution in [2.24, 2.45) is 0 Å². The van der Waals surface area contributed by atoms with Crippen molar-refractivity contribution < 1.29 is 9.59 Å². The number of amides is 2. The van der Waals surface area contributed by atoms with E-state index in [0.29, 0.717) is 25.7 Å². The first kappa shape index (κ1) is 18.9. The van der Waals surface area contributed by atoms with Crippen molar-refractivity contribution in [3.63, 3.8) is 0 Å². The minimum absolute atomic E-state index is 0.0902. The number of likely N-dealkylation sites (tertiary alicyclic amines) is 1. The quantitative estimate of drug-likeness (QED) is 0.823. The van der Waals surface area contributed by atoms with Crippen LogP contribution in [0.25, 0.3) is 10.8 Å². The van der Waals surface area contributed by atoms with Crippen LogP contribution in [0.3, 0.4) is 0 Å². The summed E-state index contributed by atoms with van der Waals surface area (Å²) in [5, 5.41) is 2.10. The molecule has 0 N–H and O–H groups in total. The summed E-state index contributed by atoms with van der Waals surface area (Å²) in [7, 11) is 0. The van der Waals surface area contributed by atoms with Gasteiger partial charge < -0.3 is 9.80 Å². The molecule has 2 aliphatic rings. The monoisotopic (exact) mass is 379 g/mol. The van der Waals surface area contributed by atoms with Gasteiger partial charge in [0.25, 0.3) is 5.91 Å². The van der Waals surface area contributed by atoms with Gasteiger partial charge in [0.05, 0.1) is 6.54 Å². The molecule has 2 aromatic carbocycles. The van der Waals surface area contributed by atoms with Gasteiger partial charge in [-0.15, -0.1) is 0 Å². The molecule has 0 bridgehead atoms. The van der Waals surface area contributed by atoms with Crippen molar-refractivity contribution in [3.05, 3.63) is 48.0 Å². The molecule has 2 fully saturated rings. The fourth-order valence-electron chi connectivity index (χ4n) is 4.44. The average molecular weight is 380 g/mol. The van der Waals surface area contributed by atoms with Crippen molar-refractivity contribution in [1.29, 1.82) is 0 Å². The van der Waals surface area contributed by atoms with E-state index in [-0.39, 0.29) is 11.8 Å². The number of hydrogen-bond acceptors (Lipinski definition) is 3. The van der Waals surface area contributed by atoms with E-state index in [4.69, 9.17) is 0 Å². The van der Waals surface area contributed by atoms with Crippen LogP contribution in [-0.2, 0) is 4.79 Å². The SMILES string of the molecule is C[C@@H]1CCCCN1C(=O)CN1CCN(C(=O)c2cccc3ccccc23)CC1. The van der Waals surface area contributed by atoms with Crippen molar-refractivity contribution in [2.75, 3.05) is 39.3 Å². The second-order valence-electron chi connectivity index (χ2n) is 8.03. The van der Waals surface area contributed by atoms with E-state index in [1.807, 2.05) is 52.3 Å². The van der Waals surface area contributed by atoms with Gasteiger partial charge in [-0.2, -0.15) is 0 Å². The van der Waals surface area contributed by atoms with Crippen molar-refractivity contribution in [3.8, 4) is 0 Å². The molecule has 0 aliphatic carbocycles. The summed E-state index contributed by atoms with van der Waals surface area (Å²) in [5.74, 6) is 0.327. The first-order valence-electron chi connectivity index (χ1n) is 10.4. The molecule has 2 amide bonds. The fraction of sp³-hybridized carbons (Fsp3) is 0.478. The lowest BCUT2D eigenvalue weighted by molar-refractivity contribution is -0.136. The van der Waals surface area contributed by atoms with Gasteiger partial charge in [-0.25, -0.2) is 0 Å². The lowest BCUT2D eigenvalue weighted by Crippen LogP contribution is -2.53. The number of piperazine rings is 1. The minimum atomic E-state index is 0.0902. The second kappa shape index (κ2) is 8.31. The molecule has 5 heteroatoms. The second-order valence-corrected chi connectivity index (χ2v) is 8.03. The van der Waals surface area contributed by atoms with Gasteiger partial charge in [0.1, 0.15) is 0 Å². The minimum Gasteiger partial charge on any atom is -0.339 e.